The van der Waals surface area contributed by atoms with E-state index in [-0.39, 0.29) is 12.3 Å². The number of carbonyl (C=O) groups is 2. The highest BCUT2D eigenvalue weighted by atomic mass is 17.1. The van der Waals surface area contributed by atoms with E-state index in [0.717, 1.165) is 12.8 Å². The minimum absolute atomic E-state index is 0.162. The predicted molar refractivity (Wildman–Crippen MR) is 49.7 cm³/mol. The van der Waals surface area contributed by atoms with Crippen molar-refractivity contribution in [2.75, 3.05) is 0 Å². The predicted octanol–water partition coefficient (Wildman–Crippen LogP) is 1.61. The molecular formula is C9H16O6. The summed E-state index contributed by atoms with van der Waals surface area (Å²) in [5.41, 5.74) is 0. The summed E-state index contributed by atoms with van der Waals surface area (Å²) >= 11 is 0. The second-order valence-corrected chi connectivity index (χ2v) is 3.37. The van der Waals surface area contributed by atoms with Gasteiger partial charge < -0.3 is 9.78 Å². The van der Waals surface area contributed by atoms with Crippen LogP contribution in [-0.2, 0) is 19.4 Å². The summed E-state index contributed by atoms with van der Waals surface area (Å²) in [5.74, 6) is -1.65. The molecule has 6 nitrogen and oxygen atoms in total. The van der Waals surface area contributed by atoms with Gasteiger partial charge in [-0.2, -0.15) is 10.5 Å². The minimum Gasteiger partial charge on any atom is -0.301 e. The van der Waals surface area contributed by atoms with Crippen LogP contribution in [0.4, 0.5) is 0 Å². The summed E-state index contributed by atoms with van der Waals surface area (Å²) in [6.45, 7) is 1.65. The van der Waals surface area contributed by atoms with Gasteiger partial charge in [0.05, 0.1) is 5.92 Å². The first-order chi connectivity index (χ1) is 7.11. The molecule has 0 aliphatic carbocycles. The van der Waals surface area contributed by atoms with E-state index in [1.165, 1.54) is 0 Å². The van der Waals surface area contributed by atoms with Gasteiger partial charge in [-0.15, -0.1) is 0 Å². The number of unbranched alkanes of at least 4 members (excludes halogenated alkanes) is 2. The second kappa shape index (κ2) is 8.19. The molecule has 15 heavy (non-hydrogen) atoms. The lowest BCUT2D eigenvalue weighted by molar-refractivity contribution is -0.238. The van der Waals surface area contributed by atoms with Crippen LogP contribution in [0.2, 0.25) is 0 Å². The molecule has 0 rings (SSSR count). The third-order valence-electron chi connectivity index (χ3n) is 2.11. The van der Waals surface area contributed by atoms with Crippen LogP contribution in [0.1, 0.15) is 39.0 Å². The van der Waals surface area contributed by atoms with Crippen molar-refractivity contribution >= 4 is 11.9 Å². The lowest BCUT2D eigenvalue weighted by Crippen LogP contribution is -2.12. The highest BCUT2D eigenvalue weighted by Crippen LogP contribution is 2.11. The normalized spacial score (nSPS) is 11.9. The van der Waals surface area contributed by atoms with Crippen molar-refractivity contribution in [2.24, 2.45) is 5.92 Å². The summed E-state index contributed by atoms with van der Waals surface area (Å²) in [5, 5.41) is 16.0. The highest BCUT2D eigenvalue weighted by molar-refractivity contribution is 5.71. The Kier molecular flexibility index (Phi) is 7.57. The second-order valence-electron chi connectivity index (χ2n) is 3.37. The van der Waals surface area contributed by atoms with Gasteiger partial charge in [0.25, 0.3) is 0 Å². The maximum absolute atomic E-state index is 10.8. The molecule has 1 unspecified atom stereocenters. The van der Waals surface area contributed by atoms with Crippen molar-refractivity contribution in [3.05, 3.63) is 0 Å². The summed E-state index contributed by atoms with van der Waals surface area (Å²) in [4.78, 5) is 28.3. The molecule has 0 aliphatic heterocycles. The van der Waals surface area contributed by atoms with Crippen molar-refractivity contribution in [2.45, 2.75) is 39.0 Å². The lowest BCUT2D eigenvalue weighted by atomic mass is 10.0. The van der Waals surface area contributed by atoms with Crippen LogP contribution in [0.5, 0.6) is 0 Å². The van der Waals surface area contributed by atoms with Gasteiger partial charge >= 0.3 is 11.9 Å². The van der Waals surface area contributed by atoms with Crippen LogP contribution in [0.3, 0.4) is 0 Å². The molecule has 2 N–H and O–H groups in total. The van der Waals surface area contributed by atoms with Crippen LogP contribution in [-0.4, -0.2) is 22.5 Å². The van der Waals surface area contributed by atoms with Crippen molar-refractivity contribution in [3.8, 4) is 0 Å². The van der Waals surface area contributed by atoms with Crippen LogP contribution >= 0.6 is 0 Å². The Labute approximate surface area is 87.7 Å². The Morgan fingerprint density at radius 3 is 2.33 bits per heavy atom. The smallest absolute Gasteiger partial charge is 0.301 e. The standard InChI is InChI=1S/C9H16O6/c1-7(9(11)15-13)5-3-2-4-6-8(10)14-12/h7,12-13H,2-6H2,1H3. The molecule has 6 heteroatoms. The molecule has 0 aromatic rings. The Morgan fingerprint density at radius 1 is 1.13 bits per heavy atom. The molecular weight excluding hydrogens is 204 g/mol. The molecule has 0 heterocycles. The molecule has 0 spiro atoms. The van der Waals surface area contributed by atoms with Crippen molar-refractivity contribution in [1.29, 1.82) is 0 Å². The van der Waals surface area contributed by atoms with Crippen LogP contribution in [0.25, 0.3) is 0 Å². The maximum Gasteiger partial charge on any atom is 0.344 e. The molecule has 0 amide bonds. The number of rotatable bonds is 7. The van der Waals surface area contributed by atoms with Crippen molar-refractivity contribution in [3.63, 3.8) is 0 Å². The first-order valence-electron chi connectivity index (χ1n) is 4.81. The highest BCUT2D eigenvalue weighted by Gasteiger charge is 2.13. The minimum atomic E-state index is -0.655. The van der Waals surface area contributed by atoms with Crippen molar-refractivity contribution < 1.29 is 29.9 Å². The Bertz CT molecular complexity index is 203. The third-order valence-corrected chi connectivity index (χ3v) is 2.11. The Balaban J connectivity index is 3.38. The summed E-state index contributed by atoms with van der Waals surface area (Å²) in [6, 6.07) is 0. The first-order valence-corrected chi connectivity index (χ1v) is 4.81. The van der Waals surface area contributed by atoms with E-state index in [1.54, 1.807) is 6.92 Å². The molecule has 0 radical (unpaired) electrons. The third kappa shape index (κ3) is 6.87. The van der Waals surface area contributed by atoms with Gasteiger partial charge in [0.1, 0.15) is 0 Å². The van der Waals surface area contributed by atoms with Gasteiger partial charge in [0.15, 0.2) is 0 Å². The SMILES string of the molecule is CC(CCCCCC(=O)OO)C(=O)OO. The Hall–Kier alpha value is -1.14. The molecule has 88 valence electrons. The summed E-state index contributed by atoms with van der Waals surface area (Å²) in [6.07, 6.45) is 2.84. The quantitative estimate of drug-likeness (QED) is 0.384. The fraction of sp³-hybridized carbons (Fsp3) is 0.778. The summed E-state index contributed by atoms with van der Waals surface area (Å²) in [7, 11) is 0. The Morgan fingerprint density at radius 2 is 1.80 bits per heavy atom. The van der Waals surface area contributed by atoms with Crippen LogP contribution < -0.4 is 0 Å². The van der Waals surface area contributed by atoms with E-state index in [9.17, 15) is 9.59 Å². The van der Waals surface area contributed by atoms with E-state index in [0.29, 0.717) is 12.8 Å². The van der Waals surface area contributed by atoms with Gasteiger partial charge in [0, 0.05) is 6.42 Å². The average molecular weight is 220 g/mol. The molecule has 1 atom stereocenters. The average Bonchev–Trinajstić information content (AvgIpc) is 2.26. The van der Waals surface area contributed by atoms with Gasteiger partial charge in [0.2, 0.25) is 0 Å². The van der Waals surface area contributed by atoms with E-state index >= 15 is 0 Å². The van der Waals surface area contributed by atoms with E-state index in [4.69, 9.17) is 10.5 Å². The number of hydrogen-bond donors (Lipinski definition) is 2. The fourth-order valence-electron chi connectivity index (χ4n) is 1.15. The van der Waals surface area contributed by atoms with Gasteiger partial charge in [-0.05, 0) is 12.8 Å². The zero-order valence-electron chi connectivity index (χ0n) is 8.64. The maximum atomic E-state index is 10.8. The zero-order valence-corrected chi connectivity index (χ0v) is 8.64. The van der Waals surface area contributed by atoms with Crippen LogP contribution in [0.15, 0.2) is 0 Å². The zero-order chi connectivity index (χ0) is 11.7. The molecule has 0 bridgehead atoms. The number of hydrogen-bond acceptors (Lipinski definition) is 6. The molecule has 0 aromatic heterocycles. The molecule has 0 aromatic carbocycles. The topological polar surface area (TPSA) is 93.1 Å². The van der Waals surface area contributed by atoms with E-state index in [2.05, 4.69) is 9.78 Å². The van der Waals surface area contributed by atoms with Crippen molar-refractivity contribution in [1.82, 2.24) is 0 Å². The van der Waals surface area contributed by atoms with Gasteiger partial charge in [-0.25, -0.2) is 9.59 Å². The largest absolute Gasteiger partial charge is 0.344 e. The van der Waals surface area contributed by atoms with E-state index in [1.807, 2.05) is 0 Å². The summed E-state index contributed by atoms with van der Waals surface area (Å²) < 4.78 is 0. The van der Waals surface area contributed by atoms with Gasteiger partial charge in [-0.3, -0.25) is 0 Å². The van der Waals surface area contributed by atoms with Crippen LogP contribution in [0, 0.1) is 5.92 Å². The van der Waals surface area contributed by atoms with E-state index < -0.39 is 11.9 Å². The first kappa shape index (κ1) is 13.9. The molecule has 0 aliphatic rings. The van der Waals surface area contributed by atoms with Gasteiger partial charge in [-0.1, -0.05) is 19.8 Å². The molecule has 0 saturated heterocycles. The number of carbonyl (C=O) groups excluding carboxylic acids is 2. The monoisotopic (exact) mass is 220 g/mol. The lowest BCUT2D eigenvalue weighted by Gasteiger charge is -2.06. The molecule has 0 saturated carbocycles. The fourth-order valence-corrected chi connectivity index (χ4v) is 1.15. The molecule has 0 fully saturated rings.